The van der Waals surface area contributed by atoms with E-state index in [1.165, 1.54) is 11.5 Å². The van der Waals surface area contributed by atoms with Gasteiger partial charge in [0.15, 0.2) is 0 Å². The Hall–Kier alpha value is -1.72. The van der Waals surface area contributed by atoms with Crippen molar-refractivity contribution in [3.05, 3.63) is 52.5 Å². The van der Waals surface area contributed by atoms with Crippen LogP contribution in [0, 0.1) is 12.3 Å². The number of benzene rings is 1. The van der Waals surface area contributed by atoms with Crippen LogP contribution in [0.25, 0.3) is 0 Å². The number of aliphatic hydroxyl groups is 1. The Kier molecular flexibility index (Phi) is 5.32. The summed E-state index contributed by atoms with van der Waals surface area (Å²) in [6.45, 7) is 6.38. The van der Waals surface area contributed by atoms with Crippen LogP contribution in [0.3, 0.4) is 0 Å². The van der Waals surface area contributed by atoms with Crippen molar-refractivity contribution in [3.63, 3.8) is 0 Å². The third kappa shape index (κ3) is 3.72. The second-order valence-electron chi connectivity index (χ2n) is 6.13. The molecule has 0 fully saturated rings. The molecular weight excluding hydrogens is 296 g/mol. The largest absolute Gasteiger partial charge is 0.396 e. The molecule has 1 heterocycles. The first-order valence-electron chi connectivity index (χ1n) is 7.30. The molecule has 0 bridgehead atoms. The summed E-state index contributed by atoms with van der Waals surface area (Å²) in [6, 6.07) is 9.98. The molecule has 1 atom stereocenters. The van der Waals surface area contributed by atoms with E-state index >= 15 is 0 Å². The second-order valence-corrected chi connectivity index (χ2v) is 6.76. The number of nitrogens with zero attached hydrogens (tertiary/aromatic N) is 1. The van der Waals surface area contributed by atoms with Crippen LogP contribution >= 0.6 is 11.5 Å². The van der Waals surface area contributed by atoms with Crippen LogP contribution in [0.5, 0.6) is 0 Å². The van der Waals surface area contributed by atoms with Gasteiger partial charge in [-0.05, 0) is 29.4 Å². The molecule has 0 aliphatic rings. The van der Waals surface area contributed by atoms with Crippen LogP contribution in [-0.2, 0) is 0 Å². The Morgan fingerprint density at radius 2 is 2.05 bits per heavy atom. The summed E-state index contributed by atoms with van der Waals surface area (Å²) < 4.78 is 4.13. The average Bonchev–Trinajstić information content (AvgIpc) is 2.94. The molecule has 5 heteroatoms. The van der Waals surface area contributed by atoms with E-state index in [4.69, 9.17) is 0 Å². The molecule has 0 aliphatic carbocycles. The average molecular weight is 318 g/mol. The number of rotatable bonds is 6. The van der Waals surface area contributed by atoms with Gasteiger partial charge in [0.25, 0.3) is 5.91 Å². The first-order chi connectivity index (χ1) is 10.5. The van der Waals surface area contributed by atoms with Crippen molar-refractivity contribution < 1.29 is 9.90 Å². The summed E-state index contributed by atoms with van der Waals surface area (Å²) in [7, 11) is 0. The molecule has 0 radical (unpaired) electrons. The molecule has 0 saturated heterocycles. The monoisotopic (exact) mass is 318 g/mol. The maximum absolute atomic E-state index is 12.3. The van der Waals surface area contributed by atoms with Gasteiger partial charge in [-0.1, -0.05) is 44.2 Å². The van der Waals surface area contributed by atoms with Crippen molar-refractivity contribution in [2.24, 2.45) is 5.41 Å². The van der Waals surface area contributed by atoms with Gasteiger partial charge in [0.2, 0.25) is 0 Å². The fraction of sp³-hybridized carbons (Fsp3) is 0.412. The van der Waals surface area contributed by atoms with Crippen LogP contribution < -0.4 is 5.32 Å². The molecule has 4 nitrogen and oxygen atoms in total. The van der Waals surface area contributed by atoms with Crippen LogP contribution in [0.2, 0.25) is 0 Å². The fourth-order valence-corrected chi connectivity index (χ4v) is 3.13. The summed E-state index contributed by atoms with van der Waals surface area (Å²) in [5.41, 5.74) is 2.16. The van der Waals surface area contributed by atoms with E-state index in [0.717, 1.165) is 11.3 Å². The van der Waals surface area contributed by atoms with Crippen LogP contribution in [-0.4, -0.2) is 28.5 Å². The first-order valence-corrected chi connectivity index (χ1v) is 8.14. The SMILES string of the molecule is Cc1nscc1C(=O)NCC(c1ccccc1)C(C)(C)CO. The van der Waals surface area contributed by atoms with Crippen molar-refractivity contribution in [2.75, 3.05) is 13.2 Å². The lowest BCUT2D eigenvalue weighted by Crippen LogP contribution is -2.37. The molecule has 2 aromatic rings. The number of aliphatic hydroxyl groups excluding tert-OH is 1. The minimum Gasteiger partial charge on any atom is -0.396 e. The van der Waals surface area contributed by atoms with Crippen molar-refractivity contribution in [1.29, 1.82) is 0 Å². The minimum atomic E-state index is -0.323. The normalized spacial score (nSPS) is 12.9. The van der Waals surface area contributed by atoms with E-state index in [0.29, 0.717) is 12.1 Å². The van der Waals surface area contributed by atoms with Crippen LogP contribution in [0.4, 0.5) is 0 Å². The molecule has 118 valence electrons. The van der Waals surface area contributed by atoms with Gasteiger partial charge in [0.1, 0.15) is 0 Å². The summed E-state index contributed by atoms with van der Waals surface area (Å²) in [4.78, 5) is 12.3. The zero-order chi connectivity index (χ0) is 16.2. The second kappa shape index (κ2) is 7.03. The van der Waals surface area contributed by atoms with Gasteiger partial charge >= 0.3 is 0 Å². The van der Waals surface area contributed by atoms with Gasteiger partial charge in [-0.2, -0.15) is 4.37 Å². The van der Waals surface area contributed by atoms with Crippen LogP contribution in [0.1, 0.15) is 41.4 Å². The Bertz CT molecular complexity index is 623. The zero-order valence-corrected chi connectivity index (χ0v) is 14.0. The quantitative estimate of drug-likeness (QED) is 0.861. The highest BCUT2D eigenvalue weighted by atomic mass is 32.1. The van der Waals surface area contributed by atoms with Crippen molar-refractivity contribution >= 4 is 17.4 Å². The molecule has 1 aromatic carbocycles. The summed E-state index contributed by atoms with van der Waals surface area (Å²) in [6.07, 6.45) is 0. The highest BCUT2D eigenvalue weighted by Gasteiger charge is 2.30. The van der Waals surface area contributed by atoms with Gasteiger partial charge < -0.3 is 10.4 Å². The summed E-state index contributed by atoms with van der Waals surface area (Å²) in [5, 5.41) is 14.4. The molecule has 22 heavy (non-hydrogen) atoms. The molecule has 2 N–H and O–H groups in total. The maximum atomic E-state index is 12.3. The smallest absolute Gasteiger partial charge is 0.254 e. The van der Waals surface area contributed by atoms with E-state index in [2.05, 4.69) is 9.69 Å². The maximum Gasteiger partial charge on any atom is 0.254 e. The molecule has 0 aliphatic heterocycles. The molecule has 1 unspecified atom stereocenters. The third-order valence-corrected chi connectivity index (χ3v) is 4.73. The molecule has 0 spiro atoms. The highest BCUT2D eigenvalue weighted by molar-refractivity contribution is 7.03. The fourth-order valence-electron chi connectivity index (χ4n) is 2.44. The zero-order valence-electron chi connectivity index (χ0n) is 13.2. The number of carbonyl (C=O) groups excluding carboxylic acids is 1. The number of nitrogens with one attached hydrogen (secondary N) is 1. The topological polar surface area (TPSA) is 62.2 Å². The number of aromatic nitrogens is 1. The van der Waals surface area contributed by atoms with Crippen molar-refractivity contribution in [1.82, 2.24) is 9.69 Å². The Morgan fingerprint density at radius 3 is 2.59 bits per heavy atom. The van der Waals surface area contributed by atoms with Gasteiger partial charge in [-0.25, -0.2) is 0 Å². The molecule has 2 rings (SSSR count). The number of aryl methyl sites for hydroxylation is 1. The Labute approximate surface area is 135 Å². The van der Waals surface area contributed by atoms with Crippen molar-refractivity contribution in [3.8, 4) is 0 Å². The van der Waals surface area contributed by atoms with E-state index in [-0.39, 0.29) is 23.8 Å². The lowest BCUT2D eigenvalue weighted by Gasteiger charge is -2.33. The lowest BCUT2D eigenvalue weighted by atomic mass is 9.75. The lowest BCUT2D eigenvalue weighted by molar-refractivity contribution is 0.0919. The van der Waals surface area contributed by atoms with Gasteiger partial charge in [-0.15, -0.1) is 0 Å². The predicted molar refractivity (Wildman–Crippen MR) is 89.2 cm³/mol. The van der Waals surface area contributed by atoms with Gasteiger partial charge in [0.05, 0.1) is 11.3 Å². The molecule has 1 aromatic heterocycles. The van der Waals surface area contributed by atoms with Crippen molar-refractivity contribution in [2.45, 2.75) is 26.7 Å². The standard InChI is InChI=1S/C17H22N2O2S/c1-12-14(10-22-19-12)16(21)18-9-15(17(2,3)11-20)13-7-5-4-6-8-13/h4-8,10,15,20H,9,11H2,1-3H3,(H,18,21). The van der Waals surface area contributed by atoms with E-state index < -0.39 is 0 Å². The number of amides is 1. The van der Waals surface area contributed by atoms with Gasteiger partial charge in [0, 0.05) is 24.4 Å². The van der Waals surface area contributed by atoms with Crippen LogP contribution in [0.15, 0.2) is 35.7 Å². The van der Waals surface area contributed by atoms with E-state index in [1.54, 1.807) is 5.38 Å². The molecule has 1 amide bonds. The number of hydrogen-bond acceptors (Lipinski definition) is 4. The van der Waals surface area contributed by atoms with Gasteiger partial charge in [-0.3, -0.25) is 4.79 Å². The van der Waals surface area contributed by atoms with E-state index in [1.807, 2.05) is 51.1 Å². The first kappa shape index (κ1) is 16.6. The summed E-state index contributed by atoms with van der Waals surface area (Å²) in [5.74, 6) is -0.0736. The third-order valence-electron chi connectivity index (χ3n) is 4.01. The molecular formula is C17H22N2O2S. The summed E-state index contributed by atoms with van der Waals surface area (Å²) >= 11 is 1.28. The number of hydrogen-bond donors (Lipinski definition) is 2. The predicted octanol–water partition coefficient (Wildman–Crippen LogP) is 2.98. The highest BCUT2D eigenvalue weighted by Crippen LogP contribution is 2.34. The Morgan fingerprint density at radius 1 is 1.36 bits per heavy atom. The molecule has 0 saturated carbocycles. The Balaban J connectivity index is 2.14. The minimum absolute atomic E-state index is 0.0366. The number of carbonyl (C=O) groups is 1. The van der Waals surface area contributed by atoms with E-state index in [9.17, 15) is 9.90 Å².